The Morgan fingerprint density at radius 3 is 2.76 bits per heavy atom. The van der Waals surface area contributed by atoms with Gasteiger partial charge in [0.1, 0.15) is 5.58 Å². The molecule has 0 saturated carbocycles. The van der Waals surface area contributed by atoms with E-state index in [0.29, 0.717) is 5.58 Å². The minimum atomic E-state index is -0.281. The molecule has 21 heavy (non-hydrogen) atoms. The molecule has 0 fully saturated rings. The van der Waals surface area contributed by atoms with Crippen LogP contribution in [0.3, 0.4) is 0 Å². The van der Waals surface area contributed by atoms with Gasteiger partial charge in [0, 0.05) is 38.3 Å². The molecule has 0 aliphatic rings. The summed E-state index contributed by atoms with van der Waals surface area (Å²) in [6.45, 7) is 6.43. The van der Waals surface area contributed by atoms with Crippen LogP contribution in [0.25, 0.3) is 11.0 Å². The average molecular weight is 289 g/mol. The van der Waals surface area contributed by atoms with E-state index in [-0.39, 0.29) is 5.63 Å². The second-order valence-electron chi connectivity index (χ2n) is 5.56. The van der Waals surface area contributed by atoms with E-state index < -0.39 is 0 Å². The van der Waals surface area contributed by atoms with Gasteiger partial charge in [0.05, 0.1) is 0 Å². The highest BCUT2D eigenvalue weighted by molar-refractivity contribution is 5.83. The third-order valence-corrected chi connectivity index (χ3v) is 3.85. The van der Waals surface area contributed by atoms with Crippen molar-refractivity contribution in [2.45, 2.75) is 26.8 Å². The topological polar surface area (TPSA) is 42.7 Å². The third-order valence-electron chi connectivity index (χ3n) is 3.85. The monoisotopic (exact) mass is 289 g/mol. The summed E-state index contributed by atoms with van der Waals surface area (Å²) in [5.74, 6) is 0. The minimum absolute atomic E-state index is 0.281. The largest absolute Gasteiger partial charge is 0.422 e. The average Bonchev–Trinajstić information content (AvgIpc) is 2.43. The van der Waals surface area contributed by atoms with Gasteiger partial charge in [0.25, 0.3) is 0 Å². The first kappa shape index (κ1) is 15.7. The predicted octanol–water partition coefficient (Wildman–Crippen LogP) is 2.88. The van der Waals surface area contributed by atoms with Crippen LogP contribution in [0.1, 0.15) is 23.1 Å². The van der Waals surface area contributed by atoms with Gasteiger partial charge in [-0.05, 0) is 44.0 Å². The van der Waals surface area contributed by atoms with Crippen molar-refractivity contribution in [1.29, 1.82) is 0 Å². The Bertz CT molecular complexity index is 676. The first-order chi connectivity index (χ1) is 10.0. The van der Waals surface area contributed by atoms with Gasteiger partial charge in [-0.2, -0.15) is 0 Å². The van der Waals surface area contributed by atoms with Crippen molar-refractivity contribution in [3.8, 4) is 0 Å². The van der Waals surface area contributed by atoms with Crippen LogP contribution in [0.4, 0.5) is 0 Å². The summed E-state index contributed by atoms with van der Waals surface area (Å²) in [5.41, 5.74) is 3.62. The summed E-state index contributed by atoms with van der Waals surface area (Å²) in [7, 11) is 3.76. The molecule has 1 aromatic heterocycles. The van der Waals surface area contributed by atoms with Gasteiger partial charge in [-0.15, -0.1) is 0 Å². The summed E-state index contributed by atoms with van der Waals surface area (Å²) in [5, 5.41) is 1.02. The molecule has 0 amide bonds. The van der Waals surface area contributed by atoms with E-state index in [9.17, 15) is 4.79 Å². The van der Waals surface area contributed by atoms with Crippen LogP contribution in [-0.2, 0) is 11.3 Å². The van der Waals surface area contributed by atoms with Gasteiger partial charge in [0.15, 0.2) is 0 Å². The fourth-order valence-electron chi connectivity index (χ4n) is 2.50. The molecule has 0 atom stereocenters. The van der Waals surface area contributed by atoms with Crippen molar-refractivity contribution in [3.63, 3.8) is 0 Å². The third kappa shape index (κ3) is 3.71. The predicted molar refractivity (Wildman–Crippen MR) is 84.8 cm³/mol. The number of hydrogen-bond donors (Lipinski definition) is 0. The molecular weight excluding hydrogens is 266 g/mol. The SMILES string of the molecule is COCCCN(C)Cc1cc(=O)oc2c(C)c(C)ccc12. The highest BCUT2D eigenvalue weighted by atomic mass is 16.5. The molecule has 0 N–H and O–H groups in total. The first-order valence-electron chi connectivity index (χ1n) is 7.23. The molecule has 0 aliphatic heterocycles. The number of fused-ring (bicyclic) bond motifs is 1. The summed E-state index contributed by atoms with van der Waals surface area (Å²) >= 11 is 0. The Kier molecular flexibility index (Phi) is 5.15. The van der Waals surface area contributed by atoms with E-state index in [1.807, 2.05) is 19.9 Å². The fraction of sp³-hybridized carbons (Fsp3) is 0.471. The maximum Gasteiger partial charge on any atom is 0.336 e. The van der Waals surface area contributed by atoms with Crippen LogP contribution < -0.4 is 5.63 Å². The highest BCUT2D eigenvalue weighted by Gasteiger charge is 2.11. The van der Waals surface area contributed by atoms with E-state index in [1.165, 1.54) is 0 Å². The van der Waals surface area contributed by atoms with Crippen LogP contribution in [-0.4, -0.2) is 32.2 Å². The Balaban J connectivity index is 2.31. The normalized spacial score (nSPS) is 11.5. The second-order valence-corrected chi connectivity index (χ2v) is 5.56. The van der Waals surface area contributed by atoms with Crippen molar-refractivity contribution in [3.05, 3.63) is 45.3 Å². The Morgan fingerprint density at radius 2 is 2.05 bits per heavy atom. The lowest BCUT2D eigenvalue weighted by Crippen LogP contribution is -2.21. The summed E-state index contributed by atoms with van der Waals surface area (Å²) in [6.07, 6.45) is 0.977. The van der Waals surface area contributed by atoms with Crippen LogP contribution in [0.15, 0.2) is 27.4 Å². The summed E-state index contributed by atoms with van der Waals surface area (Å²) in [4.78, 5) is 14.0. The van der Waals surface area contributed by atoms with E-state index in [4.69, 9.17) is 9.15 Å². The number of benzene rings is 1. The number of ether oxygens (including phenoxy) is 1. The second kappa shape index (κ2) is 6.87. The van der Waals surface area contributed by atoms with Gasteiger partial charge >= 0.3 is 5.63 Å². The highest BCUT2D eigenvalue weighted by Crippen LogP contribution is 2.23. The molecule has 0 aliphatic carbocycles. The van der Waals surface area contributed by atoms with Crippen molar-refractivity contribution < 1.29 is 9.15 Å². The minimum Gasteiger partial charge on any atom is -0.422 e. The van der Waals surface area contributed by atoms with Gasteiger partial charge in [-0.1, -0.05) is 12.1 Å². The van der Waals surface area contributed by atoms with Crippen molar-refractivity contribution in [2.75, 3.05) is 27.3 Å². The number of methoxy groups -OCH3 is 1. The number of hydrogen-bond acceptors (Lipinski definition) is 4. The maximum absolute atomic E-state index is 11.8. The van der Waals surface area contributed by atoms with Crippen LogP contribution in [0.5, 0.6) is 0 Å². The Morgan fingerprint density at radius 1 is 1.29 bits per heavy atom. The molecule has 0 saturated heterocycles. The van der Waals surface area contributed by atoms with E-state index >= 15 is 0 Å². The zero-order valence-corrected chi connectivity index (χ0v) is 13.2. The molecule has 0 radical (unpaired) electrons. The number of rotatable bonds is 6. The summed E-state index contributed by atoms with van der Waals surface area (Å²) < 4.78 is 10.5. The lowest BCUT2D eigenvalue weighted by Gasteiger charge is -2.17. The molecule has 2 rings (SSSR count). The van der Waals surface area contributed by atoms with Gasteiger partial charge in [-0.3, -0.25) is 0 Å². The van der Waals surface area contributed by atoms with Crippen molar-refractivity contribution in [1.82, 2.24) is 4.90 Å². The Labute approximate surface area is 125 Å². The van der Waals surface area contributed by atoms with Gasteiger partial charge in [0.2, 0.25) is 0 Å². The van der Waals surface area contributed by atoms with Crippen molar-refractivity contribution >= 4 is 11.0 Å². The molecule has 114 valence electrons. The molecule has 1 heterocycles. The van der Waals surface area contributed by atoms with E-state index in [1.54, 1.807) is 13.2 Å². The molecule has 1 aromatic carbocycles. The zero-order chi connectivity index (χ0) is 15.4. The molecule has 4 heteroatoms. The molecule has 0 bridgehead atoms. The van der Waals surface area contributed by atoms with Crippen LogP contribution in [0.2, 0.25) is 0 Å². The maximum atomic E-state index is 11.8. The first-order valence-corrected chi connectivity index (χ1v) is 7.23. The molecule has 0 spiro atoms. The van der Waals surface area contributed by atoms with E-state index in [2.05, 4.69) is 18.0 Å². The molecular formula is C17H23NO3. The quantitative estimate of drug-likeness (QED) is 0.606. The standard InChI is InChI=1S/C17H23NO3/c1-12-6-7-15-14(11-18(3)8-5-9-20-4)10-16(19)21-17(15)13(12)2/h6-7,10H,5,8-9,11H2,1-4H3. The zero-order valence-electron chi connectivity index (χ0n) is 13.2. The van der Waals surface area contributed by atoms with Gasteiger partial charge < -0.3 is 14.1 Å². The lowest BCUT2D eigenvalue weighted by molar-refractivity contribution is 0.178. The van der Waals surface area contributed by atoms with Crippen LogP contribution in [0, 0.1) is 13.8 Å². The van der Waals surface area contributed by atoms with Crippen molar-refractivity contribution in [2.24, 2.45) is 0 Å². The fourth-order valence-corrected chi connectivity index (χ4v) is 2.50. The Hall–Kier alpha value is -1.65. The smallest absolute Gasteiger partial charge is 0.336 e. The molecule has 2 aromatic rings. The molecule has 4 nitrogen and oxygen atoms in total. The van der Waals surface area contributed by atoms with Gasteiger partial charge in [-0.25, -0.2) is 4.79 Å². The lowest BCUT2D eigenvalue weighted by atomic mass is 10.0. The number of aryl methyl sites for hydroxylation is 2. The van der Waals surface area contributed by atoms with E-state index in [0.717, 1.165) is 48.2 Å². The number of nitrogens with zero attached hydrogens (tertiary/aromatic N) is 1. The van der Waals surface area contributed by atoms with Crippen LogP contribution >= 0.6 is 0 Å². The molecule has 0 unspecified atom stereocenters. The summed E-state index contributed by atoms with van der Waals surface area (Å²) in [6, 6.07) is 5.72.